The maximum atomic E-state index is 12.7. The molecular weight excluding hydrogens is 424 g/mol. The molecular formula is C24H34N4O5. The highest BCUT2D eigenvalue weighted by Crippen LogP contribution is 2.32. The minimum Gasteiger partial charge on any atom is -0.444 e. The summed E-state index contributed by atoms with van der Waals surface area (Å²) in [6, 6.07) is 4.76. The topological polar surface area (TPSA) is 103 Å². The summed E-state index contributed by atoms with van der Waals surface area (Å²) in [5.41, 5.74) is 0.946. The number of aromatic nitrogens is 2. The van der Waals surface area contributed by atoms with E-state index in [1.165, 1.54) is 10.7 Å². The Labute approximate surface area is 194 Å². The lowest BCUT2D eigenvalue weighted by molar-refractivity contribution is 0.0270. The van der Waals surface area contributed by atoms with E-state index in [2.05, 4.69) is 10.3 Å². The van der Waals surface area contributed by atoms with Gasteiger partial charge in [-0.2, -0.15) is 9.78 Å². The van der Waals surface area contributed by atoms with Crippen molar-refractivity contribution in [2.75, 3.05) is 13.1 Å². The Kier molecular flexibility index (Phi) is 8.00. The summed E-state index contributed by atoms with van der Waals surface area (Å²) in [5, 5.41) is 8.12. The highest BCUT2D eigenvalue weighted by atomic mass is 16.6. The van der Waals surface area contributed by atoms with Gasteiger partial charge in [-0.25, -0.2) is 9.59 Å². The minimum atomic E-state index is -0.683. The van der Waals surface area contributed by atoms with E-state index in [1.54, 1.807) is 37.8 Å². The molecule has 1 aliphatic heterocycles. The molecule has 1 aromatic carbocycles. The van der Waals surface area contributed by atoms with Gasteiger partial charge in [0.2, 0.25) is 0 Å². The van der Waals surface area contributed by atoms with Crippen LogP contribution in [-0.4, -0.2) is 51.2 Å². The van der Waals surface area contributed by atoms with Crippen LogP contribution >= 0.6 is 0 Å². The first kappa shape index (κ1) is 26.0. The van der Waals surface area contributed by atoms with Crippen molar-refractivity contribution in [3.63, 3.8) is 0 Å². The van der Waals surface area contributed by atoms with Crippen LogP contribution < -0.4 is 0 Å². The van der Waals surface area contributed by atoms with Gasteiger partial charge in [0.15, 0.2) is 0 Å². The molecule has 0 atom stereocenters. The van der Waals surface area contributed by atoms with Crippen LogP contribution in [0.5, 0.6) is 0 Å². The van der Waals surface area contributed by atoms with Crippen molar-refractivity contribution in [3.05, 3.63) is 34.9 Å². The van der Waals surface area contributed by atoms with Crippen LogP contribution in [-0.2, 0) is 9.47 Å². The van der Waals surface area contributed by atoms with E-state index >= 15 is 0 Å². The van der Waals surface area contributed by atoms with Gasteiger partial charge < -0.3 is 14.4 Å². The molecule has 1 aliphatic rings. The highest BCUT2D eigenvalue weighted by molar-refractivity contribution is 5.97. The molecule has 0 fully saturated rings. The van der Waals surface area contributed by atoms with Crippen LogP contribution in [0.4, 0.5) is 15.3 Å². The van der Waals surface area contributed by atoms with Crippen molar-refractivity contribution >= 4 is 34.3 Å². The number of carbonyl (C=O) groups excluding carboxylic acids is 2. The van der Waals surface area contributed by atoms with Gasteiger partial charge in [-0.05, 0) is 76.9 Å². The van der Waals surface area contributed by atoms with E-state index in [4.69, 9.17) is 9.47 Å². The van der Waals surface area contributed by atoms with E-state index in [0.29, 0.717) is 36.1 Å². The molecule has 0 N–H and O–H groups in total. The molecule has 2 aromatic rings. The van der Waals surface area contributed by atoms with Crippen molar-refractivity contribution in [2.45, 2.75) is 73.0 Å². The molecule has 33 heavy (non-hydrogen) atoms. The molecule has 0 saturated carbocycles. The molecule has 0 radical (unpaired) electrons. The van der Waals surface area contributed by atoms with Gasteiger partial charge in [-0.3, -0.25) is 0 Å². The predicted octanol–water partition coefficient (Wildman–Crippen LogP) is 6.27. The van der Waals surface area contributed by atoms with Crippen LogP contribution in [0.15, 0.2) is 29.5 Å². The molecule has 9 nitrogen and oxygen atoms in total. The largest absolute Gasteiger partial charge is 0.444 e. The Morgan fingerprint density at radius 2 is 1.61 bits per heavy atom. The van der Waals surface area contributed by atoms with Crippen LogP contribution in [0.2, 0.25) is 0 Å². The van der Waals surface area contributed by atoms with Gasteiger partial charge in [0.05, 0.1) is 11.2 Å². The standard InChI is InChI=1S/C22H28N4O5.C2H6/c1-21(2,3)30-19(27)25-11-9-14(10-12-25)18-16-13-15(24-29)7-8-17(16)26(23-18)20(28)31-22(4,5)6;1-2/h7-9,13H,10-12H2,1-6H3;1-2H3. The summed E-state index contributed by atoms with van der Waals surface area (Å²) in [6.07, 6.45) is 1.43. The molecule has 9 heteroatoms. The lowest BCUT2D eigenvalue weighted by atomic mass is 10.0. The summed E-state index contributed by atoms with van der Waals surface area (Å²) in [6.45, 7) is 15.6. The molecule has 3 rings (SSSR count). The Morgan fingerprint density at radius 1 is 1.00 bits per heavy atom. The number of carbonyl (C=O) groups is 2. The fourth-order valence-corrected chi connectivity index (χ4v) is 3.22. The average molecular weight is 459 g/mol. The Morgan fingerprint density at radius 3 is 2.12 bits per heavy atom. The van der Waals surface area contributed by atoms with Crippen molar-refractivity contribution in [2.24, 2.45) is 5.18 Å². The highest BCUT2D eigenvalue weighted by Gasteiger charge is 2.27. The molecule has 0 unspecified atom stereocenters. The first-order valence-electron chi connectivity index (χ1n) is 11.1. The lowest BCUT2D eigenvalue weighted by Crippen LogP contribution is -2.39. The minimum absolute atomic E-state index is 0.240. The van der Waals surface area contributed by atoms with Gasteiger partial charge in [-0.1, -0.05) is 19.9 Å². The average Bonchev–Trinajstić information content (AvgIpc) is 3.12. The number of fused-ring (bicyclic) bond motifs is 1. The normalized spacial score (nSPS) is 14.2. The van der Waals surface area contributed by atoms with Gasteiger partial charge in [-0.15, -0.1) is 4.91 Å². The number of hydrogen-bond acceptors (Lipinski definition) is 7. The maximum absolute atomic E-state index is 12.7. The van der Waals surface area contributed by atoms with Crippen molar-refractivity contribution in [3.8, 4) is 0 Å². The van der Waals surface area contributed by atoms with Crippen molar-refractivity contribution in [1.29, 1.82) is 0 Å². The first-order chi connectivity index (χ1) is 15.4. The molecule has 1 aromatic heterocycles. The van der Waals surface area contributed by atoms with E-state index in [1.807, 2.05) is 40.7 Å². The zero-order valence-corrected chi connectivity index (χ0v) is 20.8. The SMILES string of the molecule is CC.CC(C)(C)OC(=O)N1CC=C(c2nn(C(=O)OC(C)(C)C)c3ccc(N=O)cc23)CC1. The first-order valence-corrected chi connectivity index (χ1v) is 11.1. The molecule has 0 aliphatic carbocycles. The van der Waals surface area contributed by atoms with E-state index in [0.717, 1.165) is 5.57 Å². The van der Waals surface area contributed by atoms with Crippen LogP contribution in [0.3, 0.4) is 0 Å². The van der Waals surface area contributed by atoms with Gasteiger partial charge in [0.1, 0.15) is 16.9 Å². The zero-order valence-electron chi connectivity index (χ0n) is 20.8. The van der Waals surface area contributed by atoms with Crippen LogP contribution in [0, 0.1) is 4.91 Å². The van der Waals surface area contributed by atoms with Gasteiger partial charge in [0, 0.05) is 18.5 Å². The number of nitrogens with zero attached hydrogens (tertiary/aromatic N) is 4. The summed E-state index contributed by atoms with van der Waals surface area (Å²) >= 11 is 0. The van der Waals surface area contributed by atoms with Crippen molar-refractivity contribution in [1.82, 2.24) is 14.7 Å². The fourth-order valence-electron chi connectivity index (χ4n) is 3.22. The molecule has 180 valence electrons. The number of nitroso groups, excluding NO2 is 1. The number of benzene rings is 1. The smallest absolute Gasteiger partial charge is 0.435 e. The second kappa shape index (κ2) is 10.1. The van der Waals surface area contributed by atoms with Gasteiger partial charge in [0.25, 0.3) is 0 Å². The number of rotatable bonds is 2. The Balaban J connectivity index is 0.00000187. The number of amides is 1. The quantitative estimate of drug-likeness (QED) is 0.492. The lowest BCUT2D eigenvalue weighted by Gasteiger charge is -2.29. The third-order valence-electron chi connectivity index (χ3n) is 4.50. The second-order valence-corrected chi connectivity index (χ2v) is 9.44. The second-order valence-electron chi connectivity index (χ2n) is 9.44. The molecule has 0 bridgehead atoms. The van der Waals surface area contributed by atoms with Crippen LogP contribution in [0.25, 0.3) is 16.5 Å². The van der Waals surface area contributed by atoms with Crippen molar-refractivity contribution < 1.29 is 19.1 Å². The summed E-state index contributed by atoms with van der Waals surface area (Å²) in [4.78, 5) is 37.7. The van der Waals surface area contributed by atoms with E-state index < -0.39 is 17.3 Å². The number of hydrogen-bond donors (Lipinski definition) is 0. The van der Waals surface area contributed by atoms with E-state index in [-0.39, 0.29) is 11.8 Å². The fraction of sp³-hybridized carbons (Fsp3) is 0.542. The maximum Gasteiger partial charge on any atom is 0.435 e. The summed E-state index contributed by atoms with van der Waals surface area (Å²) in [7, 11) is 0. The molecule has 0 saturated heterocycles. The predicted molar refractivity (Wildman–Crippen MR) is 129 cm³/mol. The van der Waals surface area contributed by atoms with Crippen LogP contribution in [0.1, 0.15) is 67.5 Å². The Hall–Kier alpha value is -3.23. The zero-order chi connectivity index (χ0) is 25.0. The molecule has 1 amide bonds. The third kappa shape index (κ3) is 6.63. The number of ether oxygens (including phenoxy) is 2. The van der Waals surface area contributed by atoms with Gasteiger partial charge >= 0.3 is 12.2 Å². The monoisotopic (exact) mass is 458 g/mol. The molecule has 0 spiro atoms. The molecule has 2 heterocycles. The Bertz CT molecular complexity index is 1060. The van der Waals surface area contributed by atoms with E-state index in [9.17, 15) is 14.5 Å². The summed E-state index contributed by atoms with van der Waals surface area (Å²) < 4.78 is 12.1. The summed E-state index contributed by atoms with van der Waals surface area (Å²) in [5.74, 6) is 0. The third-order valence-corrected chi connectivity index (χ3v) is 4.50.